The summed E-state index contributed by atoms with van der Waals surface area (Å²) in [5.41, 5.74) is 2.44. The third-order valence-electron chi connectivity index (χ3n) is 4.93. The topological polar surface area (TPSA) is 41.1 Å². The van der Waals surface area contributed by atoms with Gasteiger partial charge in [0.1, 0.15) is 6.04 Å². The Morgan fingerprint density at radius 3 is 2.86 bits per heavy atom. The van der Waals surface area contributed by atoms with E-state index in [4.69, 9.17) is 0 Å². The highest BCUT2D eigenvalue weighted by atomic mass is 16.2. The molecular weight excluding hydrogens is 260 g/mol. The van der Waals surface area contributed by atoms with Crippen LogP contribution in [0.25, 0.3) is 0 Å². The molecule has 3 heteroatoms. The van der Waals surface area contributed by atoms with Gasteiger partial charge in [0.25, 0.3) is 0 Å². The Kier molecular flexibility index (Phi) is 4.79. The maximum Gasteiger partial charge on any atom is 0.242 e. The van der Waals surface area contributed by atoms with Crippen LogP contribution in [-0.2, 0) is 11.2 Å². The molecule has 0 bridgehead atoms. The van der Waals surface area contributed by atoms with Crippen molar-refractivity contribution in [3.8, 4) is 0 Å². The lowest BCUT2D eigenvalue weighted by atomic mass is 9.97. The molecule has 21 heavy (non-hydrogen) atoms. The van der Waals surface area contributed by atoms with Crippen LogP contribution in [0, 0.1) is 5.92 Å². The van der Waals surface area contributed by atoms with Crippen LogP contribution in [0.1, 0.15) is 50.5 Å². The molecule has 1 heterocycles. The SMILES string of the molecule is O=C(NCCCC1CCCC1)C1CCc2ccccc2N1. The van der Waals surface area contributed by atoms with Gasteiger partial charge in [-0.25, -0.2) is 0 Å². The number of amides is 1. The second-order valence-corrected chi connectivity index (χ2v) is 6.48. The zero-order chi connectivity index (χ0) is 14.5. The molecule has 1 fully saturated rings. The van der Waals surface area contributed by atoms with Crippen LogP contribution in [0.4, 0.5) is 5.69 Å². The number of aryl methyl sites for hydroxylation is 1. The minimum Gasteiger partial charge on any atom is -0.373 e. The summed E-state index contributed by atoms with van der Waals surface area (Å²) >= 11 is 0. The molecule has 2 N–H and O–H groups in total. The van der Waals surface area contributed by atoms with E-state index in [1.165, 1.54) is 37.7 Å². The fourth-order valence-corrected chi connectivity index (χ4v) is 3.66. The second kappa shape index (κ2) is 6.97. The standard InChI is InChI=1S/C18H26N2O/c21-18(19-13-5-8-14-6-1-2-7-14)17-12-11-15-9-3-4-10-16(15)20-17/h3-4,9-10,14,17,20H,1-2,5-8,11-13H2,(H,19,21). The number of anilines is 1. The lowest BCUT2D eigenvalue weighted by Gasteiger charge is -2.26. The van der Waals surface area contributed by atoms with Gasteiger partial charge in [0, 0.05) is 12.2 Å². The molecule has 1 amide bonds. The van der Waals surface area contributed by atoms with Crippen molar-refractivity contribution in [1.82, 2.24) is 5.32 Å². The summed E-state index contributed by atoms with van der Waals surface area (Å²) in [4.78, 5) is 12.2. The zero-order valence-electron chi connectivity index (χ0n) is 12.7. The zero-order valence-corrected chi connectivity index (χ0v) is 12.7. The average Bonchev–Trinajstić information content (AvgIpc) is 3.04. The molecule has 0 aromatic heterocycles. The average molecular weight is 286 g/mol. The van der Waals surface area contributed by atoms with E-state index in [2.05, 4.69) is 28.8 Å². The van der Waals surface area contributed by atoms with Gasteiger partial charge in [0.15, 0.2) is 0 Å². The molecule has 2 aliphatic rings. The summed E-state index contributed by atoms with van der Waals surface area (Å²) in [5, 5.41) is 6.47. The fourth-order valence-electron chi connectivity index (χ4n) is 3.66. The Labute approximate surface area is 127 Å². The van der Waals surface area contributed by atoms with Crippen LogP contribution in [0.2, 0.25) is 0 Å². The molecule has 1 aromatic carbocycles. The van der Waals surface area contributed by atoms with Crippen molar-refractivity contribution in [3.05, 3.63) is 29.8 Å². The van der Waals surface area contributed by atoms with Crippen molar-refractivity contribution in [3.63, 3.8) is 0 Å². The van der Waals surface area contributed by atoms with Crippen molar-refractivity contribution in [2.24, 2.45) is 5.92 Å². The predicted octanol–water partition coefficient (Wildman–Crippen LogP) is 3.50. The van der Waals surface area contributed by atoms with Crippen LogP contribution in [0.3, 0.4) is 0 Å². The lowest BCUT2D eigenvalue weighted by Crippen LogP contribution is -2.42. The smallest absolute Gasteiger partial charge is 0.242 e. The van der Waals surface area contributed by atoms with Gasteiger partial charge in [0.05, 0.1) is 0 Å². The summed E-state index contributed by atoms with van der Waals surface area (Å²) in [6.45, 7) is 0.829. The number of carbonyl (C=O) groups is 1. The molecule has 1 atom stereocenters. The number of nitrogens with one attached hydrogen (secondary N) is 2. The first-order chi connectivity index (χ1) is 10.3. The van der Waals surface area contributed by atoms with E-state index in [1.54, 1.807) is 0 Å². The molecule has 0 spiro atoms. The first-order valence-corrected chi connectivity index (χ1v) is 8.45. The highest BCUT2D eigenvalue weighted by Gasteiger charge is 2.23. The van der Waals surface area contributed by atoms with Crippen LogP contribution in [0.5, 0.6) is 0 Å². The number of para-hydroxylation sites is 1. The van der Waals surface area contributed by atoms with Crippen molar-refractivity contribution < 1.29 is 4.79 Å². The normalized spacial score (nSPS) is 21.6. The summed E-state index contributed by atoms with van der Waals surface area (Å²) in [7, 11) is 0. The third kappa shape index (κ3) is 3.78. The first-order valence-electron chi connectivity index (χ1n) is 8.45. The number of benzene rings is 1. The third-order valence-corrected chi connectivity index (χ3v) is 4.93. The minimum absolute atomic E-state index is 0.0635. The summed E-state index contributed by atoms with van der Waals surface area (Å²) in [6.07, 6.45) is 9.89. The number of hydrogen-bond donors (Lipinski definition) is 2. The van der Waals surface area contributed by atoms with Crippen molar-refractivity contribution in [2.45, 2.75) is 57.4 Å². The monoisotopic (exact) mass is 286 g/mol. The lowest BCUT2D eigenvalue weighted by molar-refractivity contribution is -0.122. The minimum atomic E-state index is -0.0635. The van der Waals surface area contributed by atoms with E-state index in [-0.39, 0.29) is 11.9 Å². The van der Waals surface area contributed by atoms with Gasteiger partial charge in [-0.1, -0.05) is 43.9 Å². The molecule has 0 saturated heterocycles. The molecule has 3 nitrogen and oxygen atoms in total. The molecule has 1 aliphatic carbocycles. The Morgan fingerprint density at radius 2 is 2.00 bits per heavy atom. The first kappa shape index (κ1) is 14.4. The molecule has 1 saturated carbocycles. The van der Waals surface area contributed by atoms with Gasteiger partial charge in [-0.2, -0.15) is 0 Å². The molecule has 1 aliphatic heterocycles. The number of fused-ring (bicyclic) bond motifs is 1. The Hall–Kier alpha value is -1.51. The van der Waals surface area contributed by atoms with E-state index < -0.39 is 0 Å². The van der Waals surface area contributed by atoms with E-state index in [0.717, 1.165) is 37.4 Å². The van der Waals surface area contributed by atoms with E-state index in [1.807, 2.05) is 6.07 Å². The molecular formula is C18H26N2O. The van der Waals surface area contributed by atoms with E-state index in [0.29, 0.717) is 0 Å². The van der Waals surface area contributed by atoms with Crippen LogP contribution >= 0.6 is 0 Å². The maximum absolute atomic E-state index is 12.2. The number of hydrogen-bond acceptors (Lipinski definition) is 2. The van der Waals surface area contributed by atoms with Crippen LogP contribution < -0.4 is 10.6 Å². The largest absolute Gasteiger partial charge is 0.373 e. The molecule has 1 unspecified atom stereocenters. The maximum atomic E-state index is 12.2. The second-order valence-electron chi connectivity index (χ2n) is 6.48. The Balaban J connectivity index is 1.40. The van der Waals surface area contributed by atoms with Crippen molar-refractivity contribution in [2.75, 3.05) is 11.9 Å². The van der Waals surface area contributed by atoms with Crippen LogP contribution in [-0.4, -0.2) is 18.5 Å². The molecule has 1 aromatic rings. The summed E-state index contributed by atoms with van der Waals surface area (Å²) < 4.78 is 0. The summed E-state index contributed by atoms with van der Waals surface area (Å²) in [5.74, 6) is 1.08. The summed E-state index contributed by atoms with van der Waals surface area (Å²) in [6, 6.07) is 8.22. The molecule has 0 radical (unpaired) electrons. The van der Waals surface area contributed by atoms with Gasteiger partial charge < -0.3 is 10.6 Å². The van der Waals surface area contributed by atoms with Gasteiger partial charge in [0.2, 0.25) is 5.91 Å². The Bertz CT molecular complexity index is 480. The van der Waals surface area contributed by atoms with Gasteiger partial charge in [-0.15, -0.1) is 0 Å². The van der Waals surface area contributed by atoms with Gasteiger partial charge in [-0.05, 0) is 43.2 Å². The van der Waals surface area contributed by atoms with Crippen molar-refractivity contribution >= 4 is 11.6 Å². The molecule has 114 valence electrons. The van der Waals surface area contributed by atoms with Crippen LogP contribution in [0.15, 0.2) is 24.3 Å². The van der Waals surface area contributed by atoms with Gasteiger partial charge in [-0.3, -0.25) is 4.79 Å². The highest BCUT2D eigenvalue weighted by Crippen LogP contribution is 2.28. The van der Waals surface area contributed by atoms with Gasteiger partial charge >= 0.3 is 0 Å². The van der Waals surface area contributed by atoms with E-state index >= 15 is 0 Å². The van der Waals surface area contributed by atoms with E-state index in [9.17, 15) is 4.79 Å². The fraction of sp³-hybridized carbons (Fsp3) is 0.611. The quantitative estimate of drug-likeness (QED) is 0.813. The number of rotatable bonds is 5. The predicted molar refractivity (Wildman–Crippen MR) is 86.4 cm³/mol. The Morgan fingerprint density at radius 1 is 1.19 bits per heavy atom. The highest BCUT2D eigenvalue weighted by molar-refractivity contribution is 5.85. The number of carbonyl (C=O) groups excluding carboxylic acids is 1. The van der Waals surface area contributed by atoms with Crippen molar-refractivity contribution in [1.29, 1.82) is 0 Å². The molecule has 3 rings (SSSR count).